The Morgan fingerprint density at radius 2 is 1.86 bits per heavy atom. The van der Waals surface area contributed by atoms with Crippen molar-refractivity contribution in [2.24, 2.45) is 0 Å². The Morgan fingerprint density at radius 3 is 2.76 bits per heavy atom. The molecule has 1 unspecified atom stereocenters. The summed E-state index contributed by atoms with van der Waals surface area (Å²) in [5, 5.41) is 1.47. The Morgan fingerprint density at radius 1 is 1.05 bits per heavy atom. The molecule has 0 amide bonds. The number of unbranched alkanes of at least 4 members (excludes halogenated alkanes) is 5. The van der Waals surface area contributed by atoms with Crippen LogP contribution < -0.4 is 0 Å². The molecule has 0 spiro atoms. The summed E-state index contributed by atoms with van der Waals surface area (Å²) in [5.41, 5.74) is 4.53. The van der Waals surface area contributed by atoms with Crippen molar-refractivity contribution in [2.45, 2.75) is 77.0 Å². The summed E-state index contributed by atoms with van der Waals surface area (Å²) in [7, 11) is 0. The van der Waals surface area contributed by atoms with Gasteiger partial charge in [0.1, 0.15) is 0 Å². The molecule has 1 aliphatic carbocycles. The topological polar surface area (TPSA) is 15.8 Å². The summed E-state index contributed by atoms with van der Waals surface area (Å²) in [5.74, 6) is 0.785. The summed E-state index contributed by atoms with van der Waals surface area (Å²) in [6.07, 6.45) is 13.9. The molecule has 0 fully saturated rings. The molecule has 2 aromatic rings. The highest BCUT2D eigenvalue weighted by molar-refractivity contribution is 5.85. The van der Waals surface area contributed by atoms with E-state index < -0.39 is 0 Å². The van der Waals surface area contributed by atoms with Crippen LogP contribution in [0.15, 0.2) is 24.3 Å². The number of nitrogens with one attached hydrogen (secondary N) is 1. The number of H-pyrrole nitrogens is 1. The van der Waals surface area contributed by atoms with Crippen molar-refractivity contribution < 1.29 is 0 Å². The molecule has 1 aromatic heterocycles. The number of aromatic amines is 1. The van der Waals surface area contributed by atoms with E-state index in [1.54, 1.807) is 11.3 Å². The molecule has 1 heteroatoms. The molecular weight excluding hydrogens is 254 g/mol. The number of para-hydroxylation sites is 1. The summed E-state index contributed by atoms with van der Waals surface area (Å²) >= 11 is 0. The molecule has 1 aliphatic rings. The average Bonchev–Trinajstić information content (AvgIpc) is 2.90. The first-order valence-corrected chi connectivity index (χ1v) is 8.99. The molecule has 3 rings (SSSR count). The number of rotatable bonds is 7. The molecular formula is C20H29N. The van der Waals surface area contributed by atoms with Crippen LogP contribution in [-0.2, 0) is 6.42 Å². The van der Waals surface area contributed by atoms with Crippen molar-refractivity contribution in [1.82, 2.24) is 4.98 Å². The van der Waals surface area contributed by atoms with Gasteiger partial charge in [0.25, 0.3) is 0 Å². The van der Waals surface area contributed by atoms with Crippen molar-refractivity contribution in [3.05, 3.63) is 35.5 Å². The number of hydrogen-bond donors (Lipinski definition) is 1. The van der Waals surface area contributed by atoms with Gasteiger partial charge < -0.3 is 4.98 Å². The molecule has 0 bridgehead atoms. The SMILES string of the molecule is CCCCCCCCC1CCCc2c1[nH]c1ccccc21. The Hall–Kier alpha value is -1.24. The third-order valence-electron chi connectivity index (χ3n) is 5.14. The highest BCUT2D eigenvalue weighted by atomic mass is 14.7. The van der Waals surface area contributed by atoms with Gasteiger partial charge in [0.2, 0.25) is 0 Å². The number of fused-ring (bicyclic) bond motifs is 3. The van der Waals surface area contributed by atoms with Gasteiger partial charge in [-0.3, -0.25) is 0 Å². The quantitative estimate of drug-likeness (QED) is 0.571. The van der Waals surface area contributed by atoms with Crippen LogP contribution >= 0.6 is 0 Å². The number of aromatic nitrogens is 1. The zero-order valence-electron chi connectivity index (χ0n) is 13.5. The lowest BCUT2D eigenvalue weighted by Gasteiger charge is -2.22. The minimum absolute atomic E-state index is 0.785. The molecule has 0 saturated heterocycles. The summed E-state index contributed by atoms with van der Waals surface area (Å²) < 4.78 is 0. The number of hydrogen-bond acceptors (Lipinski definition) is 0. The first-order chi connectivity index (χ1) is 10.4. The molecule has 114 valence electrons. The minimum atomic E-state index is 0.785. The summed E-state index contributed by atoms with van der Waals surface area (Å²) in [6, 6.07) is 8.84. The minimum Gasteiger partial charge on any atom is -0.358 e. The lowest BCUT2D eigenvalue weighted by molar-refractivity contribution is 0.478. The second-order valence-corrected chi connectivity index (χ2v) is 6.71. The van der Waals surface area contributed by atoms with Gasteiger partial charge in [-0.25, -0.2) is 0 Å². The maximum Gasteiger partial charge on any atom is 0.0459 e. The smallest absolute Gasteiger partial charge is 0.0459 e. The second kappa shape index (κ2) is 7.15. The van der Waals surface area contributed by atoms with Gasteiger partial charge >= 0.3 is 0 Å². The van der Waals surface area contributed by atoms with Crippen LogP contribution in [0.5, 0.6) is 0 Å². The van der Waals surface area contributed by atoms with E-state index in [0.29, 0.717) is 0 Å². The summed E-state index contributed by atoms with van der Waals surface area (Å²) in [4.78, 5) is 3.73. The molecule has 0 radical (unpaired) electrons. The normalized spacial score (nSPS) is 18.0. The maximum atomic E-state index is 3.73. The summed E-state index contributed by atoms with van der Waals surface area (Å²) in [6.45, 7) is 2.29. The van der Waals surface area contributed by atoms with E-state index in [4.69, 9.17) is 0 Å². The fourth-order valence-electron chi connectivity index (χ4n) is 3.97. The van der Waals surface area contributed by atoms with E-state index in [-0.39, 0.29) is 0 Å². The highest BCUT2D eigenvalue weighted by Crippen LogP contribution is 2.38. The van der Waals surface area contributed by atoms with Crippen LogP contribution in [0.3, 0.4) is 0 Å². The fraction of sp³-hybridized carbons (Fsp3) is 0.600. The van der Waals surface area contributed by atoms with E-state index in [1.165, 1.54) is 75.1 Å². The molecule has 0 saturated carbocycles. The predicted octanol–water partition coefficient (Wildman–Crippen LogP) is 6.34. The van der Waals surface area contributed by atoms with Crippen LogP contribution in [0.1, 0.15) is 81.9 Å². The van der Waals surface area contributed by atoms with Crippen molar-refractivity contribution in [1.29, 1.82) is 0 Å². The third-order valence-corrected chi connectivity index (χ3v) is 5.14. The van der Waals surface area contributed by atoms with Crippen molar-refractivity contribution in [3.8, 4) is 0 Å². The van der Waals surface area contributed by atoms with Crippen LogP contribution in [-0.4, -0.2) is 4.98 Å². The van der Waals surface area contributed by atoms with E-state index in [1.807, 2.05) is 0 Å². The Labute approximate surface area is 129 Å². The molecule has 1 aromatic carbocycles. The van der Waals surface area contributed by atoms with Gasteiger partial charge in [-0.05, 0) is 43.2 Å². The number of aryl methyl sites for hydroxylation is 1. The van der Waals surface area contributed by atoms with E-state index in [0.717, 1.165) is 5.92 Å². The predicted molar refractivity (Wildman–Crippen MR) is 92.0 cm³/mol. The first kappa shape index (κ1) is 14.7. The van der Waals surface area contributed by atoms with Crippen molar-refractivity contribution in [3.63, 3.8) is 0 Å². The van der Waals surface area contributed by atoms with Gasteiger partial charge in [-0.15, -0.1) is 0 Å². The maximum absolute atomic E-state index is 3.73. The Bertz CT molecular complexity index is 566. The van der Waals surface area contributed by atoms with Gasteiger partial charge in [0.05, 0.1) is 0 Å². The van der Waals surface area contributed by atoms with Crippen LogP contribution in [0, 0.1) is 0 Å². The average molecular weight is 283 g/mol. The lowest BCUT2D eigenvalue weighted by Crippen LogP contribution is -2.09. The molecule has 1 N–H and O–H groups in total. The zero-order valence-corrected chi connectivity index (χ0v) is 13.5. The highest BCUT2D eigenvalue weighted by Gasteiger charge is 2.23. The van der Waals surface area contributed by atoms with Gasteiger partial charge in [0, 0.05) is 16.6 Å². The molecule has 1 heterocycles. The van der Waals surface area contributed by atoms with Crippen LogP contribution in [0.2, 0.25) is 0 Å². The number of benzene rings is 1. The largest absolute Gasteiger partial charge is 0.358 e. The van der Waals surface area contributed by atoms with Gasteiger partial charge in [-0.1, -0.05) is 63.6 Å². The third kappa shape index (κ3) is 3.33. The monoisotopic (exact) mass is 283 g/mol. The van der Waals surface area contributed by atoms with Crippen LogP contribution in [0.25, 0.3) is 10.9 Å². The van der Waals surface area contributed by atoms with Crippen LogP contribution in [0.4, 0.5) is 0 Å². The van der Waals surface area contributed by atoms with Gasteiger partial charge in [-0.2, -0.15) is 0 Å². The van der Waals surface area contributed by atoms with Crippen molar-refractivity contribution in [2.75, 3.05) is 0 Å². The molecule has 1 nitrogen and oxygen atoms in total. The van der Waals surface area contributed by atoms with E-state index in [2.05, 4.69) is 36.2 Å². The zero-order chi connectivity index (χ0) is 14.5. The molecule has 0 aliphatic heterocycles. The fourth-order valence-corrected chi connectivity index (χ4v) is 3.97. The first-order valence-electron chi connectivity index (χ1n) is 8.99. The van der Waals surface area contributed by atoms with Gasteiger partial charge in [0.15, 0.2) is 0 Å². The molecule has 1 atom stereocenters. The Balaban J connectivity index is 1.61. The van der Waals surface area contributed by atoms with E-state index in [9.17, 15) is 0 Å². The Kier molecular flexibility index (Phi) is 5.00. The van der Waals surface area contributed by atoms with E-state index >= 15 is 0 Å². The second-order valence-electron chi connectivity index (χ2n) is 6.71. The van der Waals surface area contributed by atoms with Crippen molar-refractivity contribution >= 4 is 10.9 Å². The molecule has 21 heavy (non-hydrogen) atoms. The lowest BCUT2D eigenvalue weighted by atomic mass is 9.83. The standard InChI is InChI=1S/C20H29N/c1-2-3-4-5-6-7-11-16-12-10-14-18-17-13-8-9-15-19(17)21-20(16)18/h8-9,13,15-16,21H,2-7,10-12,14H2,1H3.